The van der Waals surface area contributed by atoms with Crippen molar-refractivity contribution in [3.05, 3.63) is 28.4 Å². The molecule has 78 valence electrons. The molecule has 0 spiro atoms. The molecule has 1 aromatic heterocycles. The van der Waals surface area contributed by atoms with Gasteiger partial charge in [-0.05, 0) is 19.1 Å². The molecule has 0 saturated carbocycles. The predicted octanol–water partition coefficient (Wildman–Crippen LogP) is 2.42. The Hall–Kier alpha value is -1.55. The molecule has 1 heterocycles. The number of rotatable bonds is 2. The molecule has 0 amide bonds. The van der Waals surface area contributed by atoms with Gasteiger partial charge in [-0.25, -0.2) is 0 Å². The molecule has 0 aliphatic heterocycles. The molecular formula is C10H8ClNO3. The van der Waals surface area contributed by atoms with Crippen molar-refractivity contribution < 1.29 is 14.4 Å². The van der Waals surface area contributed by atoms with E-state index in [0.717, 1.165) is 5.39 Å². The van der Waals surface area contributed by atoms with Crippen molar-refractivity contribution in [1.82, 2.24) is 5.16 Å². The second-order valence-electron chi connectivity index (χ2n) is 3.28. The lowest BCUT2D eigenvalue weighted by atomic mass is 10.1. The Morgan fingerprint density at radius 1 is 1.60 bits per heavy atom. The van der Waals surface area contributed by atoms with Gasteiger partial charge in [0.1, 0.15) is 0 Å². The van der Waals surface area contributed by atoms with Gasteiger partial charge in [0.25, 0.3) is 0 Å². The highest BCUT2D eigenvalue weighted by Crippen LogP contribution is 2.26. The topological polar surface area (TPSA) is 63.3 Å². The second-order valence-corrected chi connectivity index (χ2v) is 3.72. The first-order chi connectivity index (χ1) is 7.08. The SMILES string of the molecule is Cc1noc2c(CC(=O)O)cc(Cl)cc12. The third-order valence-electron chi connectivity index (χ3n) is 2.14. The van der Waals surface area contributed by atoms with E-state index in [9.17, 15) is 4.79 Å². The van der Waals surface area contributed by atoms with Gasteiger partial charge in [-0.15, -0.1) is 0 Å². The molecule has 1 aromatic carbocycles. The van der Waals surface area contributed by atoms with E-state index < -0.39 is 5.97 Å². The van der Waals surface area contributed by atoms with E-state index in [2.05, 4.69) is 5.16 Å². The first-order valence-electron chi connectivity index (χ1n) is 4.34. The van der Waals surface area contributed by atoms with Crippen LogP contribution in [0.3, 0.4) is 0 Å². The van der Waals surface area contributed by atoms with E-state index >= 15 is 0 Å². The fourth-order valence-electron chi connectivity index (χ4n) is 1.48. The summed E-state index contributed by atoms with van der Waals surface area (Å²) in [6, 6.07) is 3.30. The smallest absolute Gasteiger partial charge is 0.307 e. The minimum atomic E-state index is -0.924. The number of carboxylic acids is 1. The number of hydrogen-bond acceptors (Lipinski definition) is 3. The number of aromatic nitrogens is 1. The van der Waals surface area contributed by atoms with Gasteiger partial charge in [-0.1, -0.05) is 16.8 Å². The molecule has 0 aliphatic carbocycles. The monoisotopic (exact) mass is 225 g/mol. The van der Waals surface area contributed by atoms with E-state index in [4.69, 9.17) is 21.2 Å². The Balaban J connectivity index is 2.66. The standard InChI is InChI=1S/C10H8ClNO3/c1-5-8-4-7(11)2-6(3-9(13)14)10(8)15-12-5/h2,4H,3H2,1H3,(H,13,14). The Kier molecular flexibility index (Phi) is 2.36. The predicted molar refractivity (Wildman–Crippen MR) is 55.1 cm³/mol. The van der Waals surface area contributed by atoms with E-state index in [1.807, 2.05) is 0 Å². The van der Waals surface area contributed by atoms with Gasteiger partial charge in [-0.2, -0.15) is 0 Å². The van der Waals surface area contributed by atoms with Crippen LogP contribution in [-0.4, -0.2) is 16.2 Å². The fraction of sp³-hybridized carbons (Fsp3) is 0.200. The zero-order valence-electron chi connectivity index (χ0n) is 7.95. The number of fused-ring (bicyclic) bond motifs is 1. The summed E-state index contributed by atoms with van der Waals surface area (Å²) < 4.78 is 5.06. The van der Waals surface area contributed by atoms with Crippen LogP contribution in [0.2, 0.25) is 5.02 Å². The number of nitrogens with zero attached hydrogens (tertiary/aromatic N) is 1. The summed E-state index contributed by atoms with van der Waals surface area (Å²) >= 11 is 5.87. The van der Waals surface area contributed by atoms with Crippen LogP contribution in [0.15, 0.2) is 16.7 Å². The lowest BCUT2D eigenvalue weighted by Crippen LogP contribution is -2.00. The molecule has 2 aromatic rings. The van der Waals surface area contributed by atoms with Gasteiger partial charge < -0.3 is 9.63 Å². The molecule has 0 atom stereocenters. The van der Waals surface area contributed by atoms with E-state index in [-0.39, 0.29) is 6.42 Å². The second kappa shape index (κ2) is 3.55. The van der Waals surface area contributed by atoms with Gasteiger partial charge in [0.15, 0.2) is 5.58 Å². The molecule has 2 rings (SSSR count). The van der Waals surface area contributed by atoms with Crippen LogP contribution in [-0.2, 0) is 11.2 Å². The molecule has 0 fully saturated rings. The average molecular weight is 226 g/mol. The first-order valence-corrected chi connectivity index (χ1v) is 4.72. The van der Waals surface area contributed by atoms with Crippen LogP contribution < -0.4 is 0 Å². The van der Waals surface area contributed by atoms with Crippen molar-refractivity contribution in [2.75, 3.05) is 0 Å². The van der Waals surface area contributed by atoms with Crippen LogP contribution in [0, 0.1) is 6.92 Å². The Morgan fingerprint density at radius 2 is 2.33 bits per heavy atom. The van der Waals surface area contributed by atoms with Crippen molar-refractivity contribution >= 4 is 28.5 Å². The highest BCUT2D eigenvalue weighted by Gasteiger charge is 2.13. The van der Waals surface area contributed by atoms with Gasteiger partial charge in [-0.3, -0.25) is 4.79 Å². The van der Waals surface area contributed by atoms with Crippen LogP contribution in [0.5, 0.6) is 0 Å². The molecule has 4 nitrogen and oxygen atoms in total. The maximum absolute atomic E-state index is 10.6. The van der Waals surface area contributed by atoms with E-state index in [1.54, 1.807) is 19.1 Å². The first kappa shape index (κ1) is 9.98. The van der Waals surface area contributed by atoms with Crippen molar-refractivity contribution in [1.29, 1.82) is 0 Å². The number of carboxylic acid groups (broad SMARTS) is 1. The quantitative estimate of drug-likeness (QED) is 0.853. The maximum atomic E-state index is 10.6. The molecule has 5 heteroatoms. The molecule has 15 heavy (non-hydrogen) atoms. The number of aryl methyl sites for hydroxylation is 1. The van der Waals surface area contributed by atoms with Gasteiger partial charge in [0.2, 0.25) is 0 Å². The number of halogens is 1. The lowest BCUT2D eigenvalue weighted by molar-refractivity contribution is -0.136. The summed E-state index contributed by atoms with van der Waals surface area (Å²) in [6.07, 6.45) is -0.119. The number of hydrogen-bond donors (Lipinski definition) is 1. The van der Waals surface area contributed by atoms with Crippen molar-refractivity contribution in [3.8, 4) is 0 Å². The molecule has 0 radical (unpaired) electrons. The molecule has 0 aliphatic rings. The van der Waals surface area contributed by atoms with Crippen molar-refractivity contribution in [2.24, 2.45) is 0 Å². The molecule has 0 unspecified atom stereocenters. The summed E-state index contributed by atoms with van der Waals surface area (Å²) in [4.78, 5) is 10.6. The summed E-state index contributed by atoms with van der Waals surface area (Å²) in [5.41, 5.74) is 1.75. The summed E-state index contributed by atoms with van der Waals surface area (Å²) in [5, 5.41) is 13.8. The maximum Gasteiger partial charge on any atom is 0.307 e. The summed E-state index contributed by atoms with van der Waals surface area (Å²) in [7, 11) is 0. The lowest BCUT2D eigenvalue weighted by Gasteiger charge is -1.98. The number of aliphatic carboxylic acids is 1. The summed E-state index contributed by atoms with van der Waals surface area (Å²) in [6.45, 7) is 1.78. The van der Waals surface area contributed by atoms with Gasteiger partial charge >= 0.3 is 5.97 Å². The average Bonchev–Trinajstić information content (AvgIpc) is 2.47. The minimum absolute atomic E-state index is 0.119. The zero-order valence-corrected chi connectivity index (χ0v) is 8.71. The van der Waals surface area contributed by atoms with Crippen LogP contribution >= 0.6 is 11.6 Å². The fourth-order valence-corrected chi connectivity index (χ4v) is 1.72. The third kappa shape index (κ3) is 1.80. The largest absolute Gasteiger partial charge is 0.481 e. The molecule has 1 N–H and O–H groups in total. The van der Waals surface area contributed by atoms with Crippen LogP contribution in [0.4, 0.5) is 0 Å². The Morgan fingerprint density at radius 3 is 3.00 bits per heavy atom. The van der Waals surface area contributed by atoms with E-state index in [0.29, 0.717) is 21.9 Å². The third-order valence-corrected chi connectivity index (χ3v) is 2.35. The van der Waals surface area contributed by atoms with Crippen molar-refractivity contribution in [3.63, 3.8) is 0 Å². The number of carbonyl (C=O) groups is 1. The highest BCUT2D eigenvalue weighted by molar-refractivity contribution is 6.31. The van der Waals surface area contributed by atoms with E-state index in [1.165, 1.54) is 0 Å². The normalized spacial score (nSPS) is 10.8. The van der Waals surface area contributed by atoms with Crippen LogP contribution in [0.25, 0.3) is 11.0 Å². The molecule has 0 bridgehead atoms. The molecular weight excluding hydrogens is 218 g/mol. The van der Waals surface area contributed by atoms with Crippen LogP contribution in [0.1, 0.15) is 11.3 Å². The van der Waals surface area contributed by atoms with Gasteiger partial charge in [0.05, 0.1) is 12.1 Å². The Bertz CT molecular complexity index is 533. The minimum Gasteiger partial charge on any atom is -0.481 e. The zero-order chi connectivity index (χ0) is 11.0. The number of benzene rings is 1. The Labute approximate surface area is 90.4 Å². The van der Waals surface area contributed by atoms with Gasteiger partial charge in [0, 0.05) is 16.0 Å². The van der Waals surface area contributed by atoms with Crippen molar-refractivity contribution in [2.45, 2.75) is 13.3 Å². The molecule has 0 saturated heterocycles. The summed E-state index contributed by atoms with van der Waals surface area (Å²) in [5.74, 6) is -0.924. The highest BCUT2D eigenvalue weighted by atomic mass is 35.5.